The number of ether oxygens (including phenoxy) is 1. The van der Waals surface area contributed by atoms with Gasteiger partial charge in [-0.2, -0.15) is 0 Å². The first-order valence-electron chi connectivity index (χ1n) is 16.7. The maximum Gasteiger partial charge on any atom is 0.135 e. The Labute approximate surface area is 279 Å². The molecule has 0 radical (unpaired) electrons. The molecule has 8 aromatic carbocycles. The second-order valence-corrected chi connectivity index (χ2v) is 13.2. The lowest BCUT2D eigenvalue weighted by Gasteiger charge is -2.30. The van der Waals surface area contributed by atoms with Crippen molar-refractivity contribution in [2.45, 2.75) is 5.41 Å². The van der Waals surface area contributed by atoms with Crippen LogP contribution in [0.2, 0.25) is 0 Å². The van der Waals surface area contributed by atoms with Crippen molar-refractivity contribution in [1.82, 2.24) is 0 Å². The van der Waals surface area contributed by atoms with Crippen LogP contribution in [0.4, 0.5) is 0 Å². The predicted molar refractivity (Wildman–Crippen MR) is 197 cm³/mol. The quantitative estimate of drug-likeness (QED) is 0.190. The maximum absolute atomic E-state index is 6.41. The maximum atomic E-state index is 6.41. The van der Waals surface area contributed by atoms with Gasteiger partial charge in [0.05, 0.1) is 5.41 Å². The van der Waals surface area contributed by atoms with Gasteiger partial charge in [0.1, 0.15) is 11.5 Å². The zero-order chi connectivity index (χ0) is 31.4. The summed E-state index contributed by atoms with van der Waals surface area (Å²) in [6.07, 6.45) is 0. The van der Waals surface area contributed by atoms with Crippen molar-refractivity contribution in [3.8, 4) is 67.1 Å². The lowest BCUT2D eigenvalue weighted by Crippen LogP contribution is -2.25. The number of hydrogen-bond acceptors (Lipinski definition) is 1. The SMILES string of the molecule is c1cc(-c2ccc3c(c2)-c2cccc4cccc(c24)O3)cc(-c2cccc3c2-c2ccccc2C32c3ccccc3-c3ccccc32)c1. The molecule has 1 heterocycles. The van der Waals surface area contributed by atoms with Crippen LogP contribution in [-0.2, 0) is 5.41 Å². The molecule has 3 aliphatic rings. The normalized spacial score (nSPS) is 13.8. The number of benzene rings is 8. The molecule has 11 rings (SSSR count). The minimum Gasteiger partial charge on any atom is -0.456 e. The predicted octanol–water partition coefficient (Wildman–Crippen LogP) is 12.3. The minimum absolute atomic E-state index is 0.345. The fourth-order valence-corrected chi connectivity index (χ4v) is 8.99. The van der Waals surface area contributed by atoms with E-state index in [4.69, 9.17) is 4.74 Å². The van der Waals surface area contributed by atoms with Crippen molar-refractivity contribution in [2.75, 3.05) is 0 Å². The molecule has 8 aromatic rings. The van der Waals surface area contributed by atoms with Crippen molar-refractivity contribution < 1.29 is 4.74 Å². The Balaban J connectivity index is 1.11. The summed E-state index contributed by atoms with van der Waals surface area (Å²) in [5, 5.41) is 2.38. The molecular formula is C47H28O. The van der Waals surface area contributed by atoms with Gasteiger partial charge in [0.15, 0.2) is 0 Å². The summed E-state index contributed by atoms with van der Waals surface area (Å²) in [7, 11) is 0. The van der Waals surface area contributed by atoms with E-state index in [1.807, 2.05) is 0 Å². The second kappa shape index (κ2) is 9.44. The van der Waals surface area contributed by atoms with E-state index >= 15 is 0 Å². The first kappa shape index (κ1) is 25.9. The summed E-state index contributed by atoms with van der Waals surface area (Å²) < 4.78 is 6.41. The van der Waals surface area contributed by atoms with Crippen LogP contribution in [-0.4, -0.2) is 0 Å². The molecule has 1 aliphatic heterocycles. The summed E-state index contributed by atoms with van der Waals surface area (Å²) in [4.78, 5) is 0. The first-order valence-corrected chi connectivity index (χ1v) is 16.7. The lowest BCUT2D eigenvalue weighted by atomic mass is 9.70. The molecule has 2 aliphatic carbocycles. The Morgan fingerprint density at radius 2 is 0.896 bits per heavy atom. The van der Waals surface area contributed by atoms with E-state index in [9.17, 15) is 0 Å². The summed E-state index contributed by atoms with van der Waals surface area (Å²) in [6, 6.07) is 62.5. The highest BCUT2D eigenvalue weighted by atomic mass is 16.5. The van der Waals surface area contributed by atoms with Gasteiger partial charge in [0.2, 0.25) is 0 Å². The van der Waals surface area contributed by atoms with Crippen LogP contribution >= 0.6 is 0 Å². The summed E-state index contributed by atoms with van der Waals surface area (Å²) in [5.41, 5.74) is 17.7. The zero-order valence-corrected chi connectivity index (χ0v) is 26.1. The van der Waals surface area contributed by atoms with E-state index in [0.717, 1.165) is 17.1 Å². The summed E-state index contributed by atoms with van der Waals surface area (Å²) in [5.74, 6) is 1.83. The average Bonchev–Trinajstić information content (AvgIpc) is 3.63. The Morgan fingerprint density at radius 3 is 1.69 bits per heavy atom. The van der Waals surface area contributed by atoms with Crippen molar-refractivity contribution >= 4 is 10.8 Å². The topological polar surface area (TPSA) is 9.23 Å². The highest BCUT2D eigenvalue weighted by Gasteiger charge is 2.51. The standard InChI is InChI=1S/C47H28O/c1-4-20-39-34(15-1)35-16-2-5-21-40(35)47(39)41-22-6-3-17-37(41)46-33(18-10-23-42(46)47)32-14-7-13-30(27-32)31-25-26-43-38(28-31)36-19-8-11-29-12-9-24-44(48-43)45(29)36/h1-28H. The van der Waals surface area contributed by atoms with Crippen LogP contribution < -0.4 is 4.74 Å². The summed E-state index contributed by atoms with van der Waals surface area (Å²) in [6.45, 7) is 0. The van der Waals surface area contributed by atoms with Crippen LogP contribution in [0.5, 0.6) is 11.5 Å². The van der Waals surface area contributed by atoms with Crippen LogP contribution in [0.3, 0.4) is 0 Å². The van der Waals surface area contributed by atoms with Crippen molar-refractivity contribution in [1.29, 1.82) is 0 Å². The van der Waals surface area contributed by atoms with E-state index in [1.165, 1.54) is 83.1 Å². The zero-order valence-electron chi connectivity index (χ0n) is 26.1. The molecule has 0 atom stereocenters. The molecule has 0 saturated heterocycles. The monoisotopic (exact) mass is 608 g/mol. The smallest absolute Gasteiger partial charge is 0.135 e. The highest BCUT2D eigenvalue weighted by Crippen LogP contribution is 2.64. The van der Waals surface area contributed by atoms with Crippen molar-refractivity contribution in [3.05, 3.63) is 192 Å². The average molecular weight is 609 g/mol. The Kier molecular flexibility index (Phi) is 5.10. The van der Waals surface area contributed by atoms with Crippen LogP contribution in [0, 0.1) is 0 Å². The van der Waals surface area contributed by atoms with Gasteiger partial charge in [-0.15, -0.1) is 0 Å². The van der Waals surface area contributed by atoms with E-state index in [-0.39, 0.29) is 5.41 Å². The van der Waals surface area contributed by atoms with E-state index in [1.54, 1.807) is 0 Å². The highest BCUT2D eigenvalue weighted by molar-refractivity contribution is 6.05. The number of rotatable bonds is 2. The molecule has 0 saturated carbocycles. The molecule has 0 amide bonds. The Hall–Kier alpha value is -6.18. The fraction of sp³-hybridized carbons (Fsp3) is 0.0213. The largest absolute Gasteiger partial charge is 0.456 e. The van der Waals surface area contributed by atoms with Gasteiger partial charge in [-0.05, 0) is 102 Å². The first-order chi connectivity index (χ1) is 23.8. The molecule has 48 heavy (non-hydrogen) atoms. The van der Waals surface area contributed by atoms with Crippen molar-refractivity contribution in [2.24, 2.45) is 0 Å². The van der Waals surface area contributed by atoms with Gasteiger partial charge in [0, 0.05) is 10.9 Å². The van der Waals surface area contributed by atoms with Gasteiger partial charge >= 0.3 is 0 Å². The second-order valence-electron chi connectivity index (χ2n) is 13.2. The molecule has 1 nitrogen and oxygen atoms in total. The molecule has 1 spiro atoms. The van der Waals surface area contributed by atoms with Crippen molar-refractivity contribution in [3.63, 3.8) is 0 Å². The Bertz CT molecular complexity index is 2610. The van der Waals surface area contributed by atoms with Gasteiger partial charge < -0.3 is 4.74 Å². The van der Waals surface area contributed by atoms with Crippen LogP contribution in [0.15, 0.2) is 170 Å². The van der Waals surface area contributed by atoms with E-state index in [0.29, 0.717) is 0 Å². The summed E-state index contributed by atoms with van der Waals surface area (Å²) >= 11 is 0. The van der Waals surface area contributed by atoms with Gasteiger partial charge in [-0.1, -0.05) is 146 Å². The lowest BCUT2D eigenvalue weighted by molar-refractivity contribution is 0.487. The van der Waals surface area contributed by atoms with Gasteiger partial charge in [0.25, 0.3) is 0 Å². The molecule has 0 aromatic heterocycles. The van der Waals surface area contributed by atoms with E-state index in [2.05, 4.69) is 170 Å². The van der Waals surface area contributed by atoms with Gasteiger partial charge in [-0.3, -0.25) is 0 Å². The molecule has 0 bridgehead atoms. The third kappa shape index (κ3) is 3.25. The van der Waals surface area contributed by atoms with Crippen LogP contribution in [0.1, 0.15) is 22.3 Å². The molecule has 0 N–H and O–H groups in total. The van der Waals surface area contributed by atoms with Crippen LogP contribution in [0.25, 0.3) is 66.4 Å². The number of hydrogen-bond donors (Lipinski definition) is 0. The molecule has 222 valence electrons. The molecule has 0 unspecified atom stereocenters. The number of fused-ring (bicyclic) bond motifs is 12. The minimum atomic E-state index is -0.345. The molecular weight excluding hydrogens is 581 g/mol. The molecule has 1 heteroatoms. The Morgan fingerprint density at radius 1 is 0.333 bits per heavy atom. The van der Waals surface area contributed by atoms with E-state index < -0.39 is 0 Å². The fourth-order valence-electron chi connectivity index (χ4n) is 8.99. The molecule has 0 fully saturated rings. The third-order valence-electron chi connectivity index (χ3n) is 10.9. The third-order valence-corrected chi connectivity index (χ3v) is 10.9. The van der Waals surface area contributed by atoms with Gasteiger partial charge in [-0.25, -0.2) is 0 Å².